The highest BCUT2D eigenvalue weighted by atomic mass is 79.9. The van der Waals surface area contributed by atoms with Crippen molar-refractivity contribution < 1.29 is 4.74 Å². The van der Waals surface area contributed by atoms with E-state index in [1.807, 2.05) is 31.2 Å². The predicted molar refractivity (Wildman–Crippen MR) is 83.9 cm³/mol. The molecule has 0 aromatic heterocycles. The van der Waals surface area contributed by atoms with Crippen LogP contribution in [0, 0.1) is 0 Å². The van der Waals surface area contributed by atoms with Crippen molar-refractivity contribution in [2.75, 3.05) is 13.6 Å². The molecule has 1 atom stereocenters. The van der Waals surface area contributed by atoms with Gasteiger partial charge >= 0.3 is 0 Å². The van der Waals surface area contributed by atoms with Crippen molar-refractivity contribution in [3.05, 3.63) is 28.7 Å². The van der Waals surface area contributed by atoms with E-state index in [0.29, 0.717) is 12.6 Å². The van der Waals surface area contributed by atoms with Crippen molar-refractivity contribution >= 4 is 21.9 Å². The Morgan fingerprint density at radius 1 is 1.32 bits per heavy atom. The summed E-state index contributed by atoms with van der Waals surface area (Å²) in [6.07, 6.45) is 0.0458. The molecule has 0 aliphatic heterocycles. The topological polar surface area (TPSA) is 45.7 Å². The van der Waals surface area contributed by atoms with Crippen molar-refractivity contribution in [3.63, 3.8) is 0 Å². The molecule has 0 radical (unpaired) electrons. The maximum atomic E-state index is 5.85. The smallest absolute Gasteiger partial charge is 0.191 e. The van der Waals surface area contributed by atoms with E-state index < -0.39 is 0 Å². The molecule has 0 bridgehead atoms. The summed E-state index contributed by atoms with van der Waals surface area (Å²) in [5, 5.41) is 6.47. The Kier molecular flexibility index (Phi) is 6.70. The number of ether oxygens (including phenoxy) is 1. The number of halogens is 1. The van der Waals surface area contributed by atoms with Crippen LogP contribution in [-0.4, -0.2) is 31.7 Å². The Morgan fingerprint density at radius 2 is 2.00 bits per heavy atom. The van der Waals surface area contributed by atoms with Gasteiger partial charge in [0.1, 0.15) is 11.9 Å². The van der Waals surface area contributed by atoms with Crippen LogP contribution in [0.2, 0.25) is 0 Å². The van der Waals surface area contributed by atoms with Crippen LogP contribution >= 0.6 is 15.9 Å². The molecule has 0 aliphatic carbocycles. The highest BCUT2D eigenvalue weighted by Gasteiger charge is 2.08. The molecular weight excluding hydrogens is 306 g/mol. The van der Waals surface area contributed by atoms with E-state index in [1.54, 1.807) is 7.05 Å². The van der Waals surface area contributed by atoms with Gasteiger partial charge < -0.3 is 15.4 Å². The summed E-state index contributed by atoms with van der Waals surface area (Å²) in [6, 6.07) is 8.19. The highest BCUT2D eigenvalue weighted by Crippen LogP contribution is 2.24. The van der Waals surface area contributed by atoms with Gasteiger partial charge in [-0.2, -0.15) is 0 Å². The van der Waals surface area contributed by atoms with Gasteiger partial charge in [0, 0.05) is 13.1 Å². The second kappa shape index (κ2) is 8.04. The lowest BCUT2D eigenvalue weighted by Crippen LogP contribution is -2.44. The second-order valence-corrected chi connectivity index (χ2v) is 5.47. The van der Waals surface area contributed by atoms with E-state index in [0.717, 1.165) is 16.2 Å². The second-order valence-electron chi connectivity index (χ2n) is 4.61. The van der Waals surface area contributed by atoms with E-state index in [4.69, 9.17) is 4.74 Å². The monoisotopic (exact) mass is 327 g/mol. The summed E-state index contributed by atoms with van der Waals surface area (Å²) in [5.41, 5.74) is 0. The molecule has 19 heavy (non-hydrogen) atoms. The summed E-state index contributed by atoms with van der Waals surface area (Å²) in [6.45, 7) is 6.87. The molecule has 1 unspecified atom stereocenters. The van der Waals surface area contributed by atoms with Crippen LogP contribution in [-0.2, 0) is 0 Å². The van der Waals surface area contributed by atoms with E-state index in [9.17, 15) is 0 Å². The van der Waals surface area contributed by atoms with E-state index in [1.165, 1.54) is 0 Å². The third kappa shape index (κ3) is 5.96. The van der Waals surface area contributed by atoms with Gasteiger partial charge in [0.15, 0.2) is 5.96 Å². The number of rotatable bonds is 5. The summed E-state index contributed by atoms with van der Waals surface area (Å²) in [4.78, 5) is 4.15. The molecule has 0 aliphatic rings. The fourth-order valence-corrected chi connectivity index (χ4v) is 1.89. The minimum absolute atomic E-state index is 0.0458. The first-order chi connectivity index (χ1) is 9.02. The molecule has 1 aromatic rings. The summed E-state index contributed by atoms with van der Waals surface area (Å²) >= 11 is 3.47. The Labute approximate surface area is 123 Å². The van der Waals surface area contributed by atoms with Crippen molar-refractivity contribution in [1.82, 2.24) is 10.6 Å². The number of hydrogen-bond donors (Lipinski definition) is 2. The number of hydrogen-bond acceptors (Lipinski definition) is 2. The maximum absolute atomic E-state index is 5.85. The molecule has 106 valence electrons. The van der Waals surface area contributed by atoms with Crippen LogP contribution in [0.25, 0.3) is 0 Å². The molecule has 4 nitrogen and oxygen atoms in total. The van der Waals surface area contributed by atoms with Gasteiger partial charge in [-0.05, 0) is 48.8 Å². The van der Waals surface area contributed by atoms with Crippen LogP contribution in [0.4, 0.5) is 0 Å². The summed E-state index contributed by atoms with van der Waals surface area (Å²) in [5.74, 6) is 1.64. The first-order valence-electron chi connectivity index (χ1n) is 6.41. The largest absolute Gasteiger partial charge is 0.488 e. The number of nitrogens with one attached hydrogen (secondary N) is 2. The van der Waals surface area contributed by atoms with Crippen LogP contribution < -0.4 is 15.4 Å². The standard InChI is InChI=1S/C14H22BrN3O/c1-10(2)18-14(16-4)17-9-11(3)19-13-8-6-5-7-12(13)15/h5-8,10-11H,9H2,1-4H3,(H2,16,17,18). The van der Waals surface area contributed by atoms with Gasteiger partial charge in [-0.15, -0.1) is 0 Å². The number of benzene rings is 1. The van der Waals surface area contributed by atoms with Crippen molar-refractivity contribution in [2.24, 2.45) is 4.99 Å². The molecule has 0 saturated carbocycles. The van der Waals surface area contributed by atoms with E-state index in [2.05, 4.69) is 45.4 Å². The molecule has 5 heteroatoms. The highest BCUT2D eigenvalue weighted by molar-refractivity contribution is 9.10. The average molecular weight is 328 g/mol. The summed E-state index contributed by atoms with van der Waals surface area (Å²) in [7, 11) is 1.76. The van der Waals surface area contributed by atoms with Crippen LogP contribution in [0.5, 0.6) is 5.75 Å². The molecule has 0 heterocycles. The predicted octanol–water partition coefficient (Wildman–Crippen LogP) is 2.79. The third-order valence-corrected chi connectivity index (χ3v) is 3.03. The van der Waals surface area contributed by atoms with Gasteiger partial charge in [-0.1, -0.05) is 12.1 Å². The van der Waals surface area contributed by atoms with Gasteiger partial charge in [0.2, 0.25) is 0 Å². The van der Waals surface area contributed by atoms with Crippen LogP contribution in [0.3, 0.4) is 0 Å². The molecule has 0 saturated heterocycles. The minimum Gasteiger partial charge on any atom is -0.488 e. The zero-order valence-electron chi connectivity index (χ0n) is 11.9. The van der Waals surface area contributed by atoms with Crippen LogP contribution in [0.1, 0.15) is 20.8 Å². The molecule has 0 amide bonds. The Morgan fingerprint density at radius 3 is 2.58 bits per heavy atom. The SMILES string of the molecule is CN=C(NCC(C)Oc1ccccc1Br)NC(C)C. The van der Waals surface area contributed by atoms with Crippen molar-refractivity contribution in [1.29, 1.82) is 0 Å². The Hall–Kier alpha value is -1.23. The maximum Gasteiger partial charge on any atom is 0.191 e. The lowest BCUT2D eigenvalue weighted by Gasteiger charge is -2.19. The first kappa shape index (κ1) is 15.8. The molecule has 0 fully saturated rings. The fourth-order valence-electron chi connectivity index (χ4n) is 1.51. The lowest BCUT2D eigenvalue weighted by atomic mass is 10.3. The Bertz CT molecular complexity index is 421. The average Bonchev–Trinajstić information content (AvgIpc) is 2.37. The lowest BCUT2D eigenvalue weighted by molar-refractivity contribution is 0.222. The zero-order valence-corrected chi connectivity index (χ0v) is 13.5. The molecule has 2 N–H and O–H groups in total. The van der Waals surface area contributed by atoms with Gasteiger partial charge in [0.05, 0.1) is 11.0 Å². The molecule has 1 aromatic carbocycles. The van der Waals surface area contributed by atoms with E-state index in [-0.39, 0.29) is 6.10 Å². The zero-order chi connectivity index (χ0) is 14.3. The van der Waals surface area contributed by atoms with Crippen molar-refractivity contribution in [2.45, 2.75) is 32.9 Å². The quantitative estimate of drug-likeness (QED) is 0.645. The number of aliphatic imine (C=N–C) groups is 1. The normalized spacial score (nSPS) is 13.3. The minimum atomic E-state index is 0.0458. The third-order valence-electron chi connectivity index (χ3n) is 2.37. The van der Waals surface area contributed by atoms with Gasteiger partial charge in [0.25, 0.3) is 0 Å². The van der Waals surface area contributed by atoms with Gasteiger partial charge in [-0.3, -0.25) is 4.99 Å². The first-order valence-corrected chi connectivity index (χ1v) is 7.20. The number of guanidine groups is 1. The molecule has 1 rings (SSSR count). The van der Waals surface area contributed by atoms with Gasteiger partial charge in [-0.25, -0.2) is 0 Å². The van der Waals surface area contributed by atoms with E-state index >= 15 is 0 Å². The van der Waals surface area contributed by atoms with Crippen molar-refractivity contribution in [3.8, 4) is 5.75 Å². The number of nitrogens with zero attached hydrogens (tertiary/aromatic N) is 1. The molecular formula is C14H22BrN3O. The summed E-state index contributed by atoms with van der Waals surface area (Å²) < 4.78 is 6.82. The fraction of sp³-hybridized carbons (Fsp3) is 0.500. The molecule has 0 spiro atoms. The number of para-hydroxylation sites is 1. The Balaban J connectivity index is 2.43. The van der Waals surface area contributed by atoms with Crippen LogP contribution in [0.15, 0.2) is 33.7 Å².